The van der Waals surface area contributed by atoms with Crippen molar-refractivity contribution in [1.82, 2.24) is 0 Å². The Morgan fingerprint density at radius 3 is 2.41 bits per heavy atom. The minimum absolute atomic E-state index is 0.524. The molecule has 4 fully saturated rings. The molecule has 0 aromatic heterocycles. The van der Waals surface area contributed by atoms with Gasteiger partial charge in [0.05, 0.1) is 0 Å². The number of halogens is 1. The number of allylic oxidation sites excluding steroid dienone is 5. The lowest BCUT2D eigenvalue weighted by molar-refractivity contribution is -0.131. The van der Waals surface area contributed by atoms with Crippen molar-refractivity contribution in [2.75, 3.05) is 0 Å². The second kappa shape index (κ2) is 12.7. The molecule has 0 spiro atoms. The highest BCUT2D eigenvalue weighted by molar-refractivity contribution is 14.1. The number of rotatable bonds is 7. The van der Waals surface area contributed by atoms with Crippen molar-refractivity contribution in [1.29, 1.82) is 0 Å². The topological polar surface area (TPSA) is 0 Å². The van der Waals surface area contributed by atoms with E-state index in [1.807, 2.05) is 5.57 Å². The van der Waals surface area contributed by atoms with Gasteiger partial charge in [-0.25, -0.2) is 0 Å². The standard InChI is InChI=1S/C38H61I/c1-24(2)19-36(39)27(6)26(5)28-17-18-35-31(20-28)23-32-22-30(25(3)4)21-29-13-11-12-16-34(29)37(32)38(35,7)33-14-9-8-10-15-33/h11-13,24-25,27-28,30-37H,5,8-10,14-23H2,1-4,6-7H3/t27-,28?,30?,31?,32?,34?,35-,36-,37?,38+/m0/s1. The van der Waals surface area contributed by atoms with Crippen molar-refractivity contribution >= 4 is 22.6 Å². The van der Waals surface area contributed by atoms with Gasteiger partial charge in [0.25, 0.3) is 0 Å². The third-order valence-electron chi connectivity index (χ3n) is 13.2. The van der Waals surface area contributed by atoms with E-state index >= 15 is 0 Å². The van der Waals surface area contributed by atoms with Gasteiger partial charge in [-0.3, -0.25) is 0 Å². The predicted molar refractivity (Wildman–Crippen MR) is 179 cm³/mol. The molecule has 0 N–H and O–H groups in total. The molecule has 5 aliphatic rings. The molecule has 5 rings (SSSR count). The molecule has 0 aliphatic heterocycles. The maximum atomic E-state index is 4.84. The monoisotopic (exact) mass is 644 g/mol. The van der Waals surface area contributed by atoms with Gasteiger partial charge in [0.1, 0.15) is 0 Å². The first-order valence-corrected chi connectivity index (χ1v) is 18.5. The average molecular weight is 645 g/mol. The molecular weight excluding hydrogens is 583 g/mol. The minimum atomic E-state index is 0.524. The highest BCUT2D eigenvalue weighted by Gasteiger charge is 2.59. The van der Waals surface area contributed by atoms with Crippen LogP contribution in [-0.2, 0) is 0 Å². The van der Waals surface area contributed by atoms with Crippen LogP contribution >= 0.6 is 22.6 Å². The first-order chi connectivity index (χ1) is 18.6. The van der Waals surface area contributed by atoms with Crippen molar-refractivity contribution in [2.45, 2.75) is 129 Å². The number of hydrogen-bond donors (Lipinski definition) is 0. The van der Waals surface area contributed by atoms with Gasteiger partial charge in [-0.15, -0.1) is 0 Å². The Bertz CT molecular complexity index is 902. The van der Waals surface area contributed by atoms with Crippen molar-refractivity contribution < 1.29 is 0 Å². The van der Waals surface area contributed by atoms with Gasteiger partial charge in [-0.05, 0) is 135 Å². The van der Waals surface area contributed by atoms with Gasteiger partial charge in [-0.2, -0.15) is 0 Å². The first kappa shape index (κ1) is 30.4. The summed E-state index contributed by atoms with van der Waals surface area (Å²) >= 11 is 2.75. The van der Waals surface area contributed by atoms with Crippen LogP contribution in [0.25, 0.3) is 0 Å². The molecule has 0 saturated heterocycles. The summed E-state index contributed by atoms with van der Waals surface area (Å²) in [6, 6.07) is 0. The van der Waals surface area contributed by atoms with Crippen LogP contribution in [0.5, 0.6) is 0 Å². The van der Waals surface area contributed by atoms with Gasteiger partial charge < -0.3 is 0 Å². The van der Waals surface area contributed by atoms with Crippen LogP contribution in [0.4, 0.5) is 0 Å². The van der Waals surface area contributed by atoms with Crippen molar-refractivity contribution in [2.24, 2.45) is 70.5 Å². The normalized spacial score (nSPS) is 40.7. The Morgan fingerprint density at radius 1 is 0.974 bits per heavy atom. The van der Waals surface area contributed by atoms with Crippen LogP contribution in [-0.4, -0.2) is 3.92 Å². The van der Waals surface area contributed by atoms with Crippen LogP contribution < -0.4 is 0 Å². The van der Waals surface area contributed by atoms with E-state index < -0.39 is 0 Å². The van der Waals surface area contributed by atoms with Crippen LogP contribution in [0.15, 0.2) is 36.0 Å². The van der Waals surface area contributed by atoms with Crippen molar-refractivity contribution in [3.63, 3.8) is 0 Å². The summed E-state index contributed by atoms with van der Waals surface area (Å²) in [6.45, 7) is 20.0. The maximum Gasteiger partial charge on any atom is 0.0175 e. The summed E-state index contributed by atoms with van der Waals surface area (Å²) in [5.74, 6) is 9.35. The summed E-state index contributed by atoms with van der Waals surface area (Å²) in [5, 5.41) is 0. The molecule has 39 heavy (non-hydrogen) atoms. The van der Waals surface area contributed by atoms with Crippen LogP contribution in [0, 0.1) is 70.5 Å². The molecule has 220 valence electrons. The lowest BCUT2D eigenvalue weighted by Gasteiger charge is -2.63. The summed E-state index contributed by atoms with van der Waals surface area (Å²) < 4.78 is 0.731. The fourth-order valence-corrected chi connectivity index (χ4v) is 12.6. The van der Waals surface area contributed by atoms with E-state index in [9.17, 15) is 0 Å². The molecule has 0 aromatic rings. The molecule has 0 amide bonds. The molecule has 0 nitrogen and oxygen atoms in total. The van der Waals surface area contributed by atoms with Crippen molar-refractivity contribution in [3.8, 4) is 0 Å². The summed E-state index contributed by atoms with van der Waals surface area (Å²) in [7, 11) is 0. The van der Waals surface area contributed by atoms with Gasteiger partial charge in [0, 0.05) is 3.92 Å². The number of hydrogen-bond acceptors (Lipinski definition) is 0. The zero-order valence-corrected chi connectivity index (χ0v) is 28.6. The summed E-state index contributed by atoms with van der Waals surface area (Å²) in [6.07, 6.45) is 26.4. The maximum absolute atomic E-state index is 4.84. The van der Waals surface area contributed by atoms with E-state index in [0.29, 0.717) is 11.3 Å². The Balaban J connectivity index is 1.46. The van der Waals surface area contributed by atoms with E-state index in [4.69, 9.17) is 6.58 Å². The molecule has 10 atom stereocenters. The molecule has 0 radical (unpaired) electrons. The molecule has 1 heteroatoms. The molecule has 0 bridgehead atoms. The Labute approximate surface area is 256 Å². The fraction of sp³-hybridized carbons (Fsp3) is 0.842. The second-order valence-electron chi connectivity index (χ2n) is 16.1. The van der Waals surface area contributed by atoms with Crippen LogP contribution in [0.3, 0.4) is 0 Å². The number of fused-ring (bicyclic) bond motifs is 4. The smallest absolute Gasteiger partial charge is 0.0175 e. The zero-order chi connectivity index (χ0) is 27.9. The van der Waals surface area contributed by atoms with Gasteiger partial charge in [-0.1, -0.05) is 119 Å². The molecule has 0 heterocycles. The lowest BCUT2D eigenvalue weighted by atomic mass is 9.42. The molecule has 4 saturated carbocycles. The molecular formula is C38H61I. The van der Waals surface area contributed by atoms with Gasteiger partial charge in [0.2, 0.25) is 0 Å². The largest absolute Gasteiger partial charge is 0.0993 e. The van der Waals surface area contributed by atoms with Gasteiger partial charge in [0.15, 0.2) is 0 Å². The Hall–Kier alpha value is -0.0500. The number of alkyl halides is 1. The minimum Gasteiger partial charge on any atom is -0.0993 e. The fourth-order valence-electron chi connectivity index (χ4n) is 11.1. The second-order valence-corrected chi connectivity index (χ2v) is 17.7. The Kier molecular flexibility index (Phi) is 9.88. The van der Waals surface area contributed by atoms with Crippen LogP contribution in [0.2, 0.25) is 0 Å². The van der Waals surface area contributed by atoms with E-state index in [2.05, 4.69) is 82.4 Å². The SMILES string of the molecule is C=C(C1CC[C@H]2C(C1)CC1CC(C(C)C)CC3=CC=CCC3C1[C@]2(C)C1CCCCC1)[C@H](C)[C@@H](I)CC(C)C. The zero-order valence-electron chi connectivity index (χ0n) is 26.4. The Morgan fingerprint density at radius 2 is 1.72 bits per heavy atom. The van der Waals surface area contributed by atoms with Crippen LogP contribution in [0.1, 0.15) is 125 Å². The van der Waals surface area contributed by atoms with E-state index in [1.54, 1.807) is 5.57 Å². The highest BCUT2D eigenvalue weighted by atomic mass is 127. The first-order valence-electron chi connectivity index (χ1n) is 17.3. The van der Waals surface area contributed by atoms with E-state index in [1.165, 1.54) is 83.5 Å². The molecule has 0 aromatic carbocycles. The van der Waals surface area contributed by atoms with Crippen molar-refractivity contribution in [3.05, 3.63) is 36.0 Å². The van der Waals surface area contributed by atoms with E-state index in [-0.39, 0.29) is 0 Å². The quantitative estimate of drug-likeness (QED) is 0.147. The summed E-state index contributed by atoms with van der Waals surface area (Å²) in [5.41, 5.74) is 3.98. The third kappa shape index (κ3) is 6.06. The lowest BCUT2D eigenvalue weighted by Crippen LogP contribution is -2.56. The van der Waals surface area contributed by atoms with E-state index in [0.717, 1.165) is 63.1 Å². The average Bonchev–Trinajstić information content (AvgIpc) is 3.09. The molecule has 6 unspecified atom stereocenters. The highest BCUT2D eigenvalue weighted by Crippen LogP contribution is 2.67. The van der Waals surface area contributed by atoms with Gasteiger partial charge >= 0.3 is 0 Å². The predicted octanol–water partition coefficient (Wildman–Crippen LogP) is 11.9. The third-order valence-corrected chi connectivity index (χ3v) is 14.8. The molecule has 5 aliphatic carbocycles. The summed E-state index contributed by atoms with van der Waals surface area (Å²) in [4.78, 5) is 0.